The Morgan fingerprint density at radius 2 is 2.05 bits per heavy atom. The van der Waals surface area contributed by atoms with E-state index in [1.807, 2.05) is 6.92 Å². The first-order valence-electron chi connectivity index (χ1n) is 6.49. The summed E-state index contributed by atoms with van der Waals surface area (Å²) in [6.07, 6.45) is 2.39. The van der Waals surface area contributed by atoms with Gasteiger partial charge in [-0.2, -0.15) is 0 Å². The molecule has 0 saturated carbocycles. The number of anilines is 2. The van der Waals surface area contributed by atoms with Crippen molar-refractivity contribution >= 4 is 33.1 Å². The summed E-state index contributed by atoms with van der Waals surface area (Å²) >= 11 is 5.85. The molecule has 0 amide bonds. The minimum Gasteiger partial charge on any atom is -0.370 e. The standard InChI is InChI=1S/C14H16ClN3O2S/c1-2-7-16-14-10-13(6-8-17-14)21(19,20)18-12-5-3-4-11(15)9-12/h3-6,8-10,18H,2,7H2,1H3,(H,16,17). The molecule has 2 aromatic rings. The van der Waals surface area contributed by atoms with Gasteiger partial charge in [-0.3, -0.25) is 4.72 Å². The van der Waals surface area contributed by atoms with Gasteiger partial charge in [-0.15, -0.1) is 0 Å². The second kappa shape index (κ2) is 6.78. The number of hydrogen-bond acceptors (Lipinski definition) is 4. The van der Waals surface area contributed by atoms with Crippen LogP contribution in [0.2, 0.25) is 5.02 Å². The van der Waals surface area contributed by atoms with Crippen LogP contribution in [0.1, 0.15) is 13.3 Å². The molecule has 0 radical (unpaired) electrons. The number of pyridine rings is 1. The topological polar surface area (TPSA) is 71.1 Å². The van der Waals surface area contributed by atoms with Gasteiger partial charge in [-0.25, -0.2) is 13.4 Å². The highest BCUT2D eigenvalue weighted by Gasteiger charge is 2.15. The zero-order valence-corrected chi connectivity index (χ0v) is 13.1. The van der Waals surface area contributed by atoms with Crippen LogP contribution in [-0.4, -0.2) is 19.9 Å². The molecule has 0 saturated heterocycles. The quantitative estimate of drug-likeness (QED) is 0.854. The van der Waals surface area contributed by atoms with Crippen LogP contribution in [0, 0.1) is 0 Å². The van der Waals surface area contributed by atoms with Crippen molar-refractivity contribution in [3.63, 3.8) is 0 Å². The fraction of sp³-hybridized carbons (Fsp3) is 0.214. The molecule has 2 N–H and O–H groups in total. The van der Waals surface area contributed by atoms with Crippen molar-refractivity contribution in [2.24, 2.45) is 0 Å². The third-order valence-electron chi connectivity index (χ3n) is 2.67. The molecule has 1 aromatic carbocycles. The maximum Gasteiger partial charge on any atom is 0.262 e. The highest BCUT2D eigenvalue weighted by molar-refractivity contribution is 7.92. The molecule has 7 heteroatoms. The molecule has 21 heavy (non-hydrogen) atoms. The predicted octanol–water partition coefficient (Wildman–Crippen LogP) is 3.36. The molecule has 0 unspecified atom stereocenters. The van der Waals surface area contributed by atoms with Crippen molar-refractivity contribution in [3.8, 4) is 0 Å². The maximum atomic E-state index is 12.3. The lowest BCUT2D eigenvalue weighted by Gasteiger charge is -2.10. The predicted molar refractivity (Wildman–Crippen MR) is 85.3 cm³/mol. The van der Waals surface area contributed by atoms with Crippen molar-refractivity contribution in [1.29, 1.82) is 0 Å². The van der Waals surface area contributed by atoms with Crippen molar-refractivity contribution in [2.75, 3.05) is 16.6 Å². The van der Waals surface area contributed by atoms with Crippen LogP contribution < -0.4 is 10.0 Å². The van der Waals surface area contributed by atoms with E-state index >= 15 is 0 Å². The van der Waals surface area contributed by atoms with Crippen LogP contribution in [0.15, 0.2) is 47.5 Å². The van der Waals surface area contributed by atoms with Crippen molar-refractivity contribution in [2.45, 2.75) is 18.2 Å². The number of benzene rings is 1. The summed E-state index contributed by atoms with van der Waals surface area (Å²) in [4.78, 5) is 4.24. The van der Waals surface area contributed by atoms with Crippen LogP contribution in [0.5, 0.6) is 0 Å². The number of halogens is 1. The van der Waals surface area contributed by atoms with Crippen LogP contribution in [-0.2, 0) is 10.0 Å². The summed E-state index contributed by atoms with van der Waals surface area (Å²) in [6.45, 7) is 2.76. The smallest absolute Gasteiger partial charge is 0.262 e. The molecule has 112 valence electrons. The van der Waals surface area contributed by atoms with Gasteiger partial charge in [0.15, 0.2) is 0 Å². The fourth-order valence-corrected chi connectivity index (χ4v) is 2.95. The normalized spacial score (nSPS) is 11.1. The molecule has 0 aliphatic rings. The van der Waals surface area contributed by atoms with E-state index in [-0.39, 0.29) is 4.90 Å². The molecule has 1 aromatic heterocycles. The van der Waals surface area contributed by atoms with E-state index in [4.69, 9.17) is 11.6 Å². The van der Waals surface area contributed by atoms with E-state index in [1.165, 1.54) is 18.3 Å². The highest BCUT2D eigenvalue weighted by Crippen LogP contribution is 2.20. The molecule has 5 nitrogen and oxygen atoms in total. The molecule has 0 bridgehead atoms. The fourth-order valence-electron chi connectivity index (χ4n) is 1.69. The van der Waals surface area contributed by atoms with Gasteiger partial charge in [-0.1, -0.05) is 24.6 Å². The van der Waals surface area contributed by atoms with Gasteiger partial charge in [-0.05, 0) is 30.7 Å². The molecule has 0 fully saturated rings. The van der Waals surface area contributed by atoms with E-state index in [2.05, 4.69) is 15.0 Å². The Balaban J connectivity index is 2.23. The SMILES string of the molecule is CCCNc1cc(S(=O)(=O)Nc2cccc(Cl)c2)ccn1. The summed E-state index contributed by atoms with van der Waals surface area (Å²) in [7, 11) is -3.67. The highest BCUT2D eigenvalue weighted by atomic mass is 35.5. The first-order valence-corrected chi connectivity index (χ1v) is 8.35. The summed E-state index contributed by atoms with van der Waals surface area (Å²) in [5.74, 6) is 0.533. The molecular formula is C14H16ClN3O2S. The second-order valence-corrected chi connectivity index (χ2v) is 6.54. The molecule has 1 heterocycles. The van der Waals surface area contributed by atoms with Gasteiger partial charge in [0.25, 0.3) is 10.0 Å². The zero-order chi connectivity index (χ0) is 15.3. The summed E-state index contributed by atoms with van der Waals surface area (Å²) in [5, 5.41) is 3.52. The van der Waals surface area contributed by atoms with Gasteiger partial charge in [0.2, 0.25) is 0 Å². The van der Waals surface area contributed by atoms with E-state index in [0.717, 1.165) is 13.0 Å². The Hall–Kier alpha value is -1.79. The van der Waals surface area contributed by atoms with Crippen molar-refractivity contribution < 1.29 is 8.42 Å². The Morgan fingerprint density at radius 3 is 2.76 bits per heavy atom. The second-order valence-electron chi connectivity index (χ2n) is 4.42. The molecule has 0 aliphatic carbocycles. The van der Waals surface area contributed by atoms with Gasteiger partial charge < -0.3 is 5.32 Å². The maximum absolute atomic E-state index is 12.3. The van der Waals surface area contributed by atoms with Crippen LogP contribution >= 0.6 is 11.6 Å². The van der Waals surface area contributed by atoms with Crippen molar-refractivity contribution in [3.05, 3.63) is 47.6 Å². The lowest BCUT2D eigenvalue weighted by molar-refractivity contribution is 0.601. The van der Waals surface area contributed by atoms with Crippen LogP contribution in [0.3, 0.4) is 0 Å². The summed E-state index contributed by atoms with van der Waals surface area (Å²) < 4.78 is 27.1. The van der Waals surface area contributed by atoms with Crippen LogP contribution in [0.4, 0.5) is 11.5 Å². The third-order valence-corrected chi connectivity index (χ3v) is 4.29. The molecule has 2 rings (SSSR count). The molecule has 0 atom stereocenters. The van der Waals surface area contributed by atoms with E-state index < -0.39 is 10.0 Å². The number of aromatic nitrogens is 1. The van der Waals surface area contributed by atoms with E-state index in [0.29, 0.717) is 16.5 Å². The molecule has 0 aliphatic heterocycles. The lowest BCUT2D eigenvalue weighted by atomic mass is 10.3. The first kappa shape index (κ1) is 15.6. The number of nitrogens with zero attached hydrogens (tertiary/aromatic N) is 1. The largest absolute Gasteiger partial charge is 0.370 e. The number of hydrogen-bond donors (Lipinski definition) is 2. The average molecular weight is 326 g/mol. The van der Waals surface area contributed by atoms with Crippen molar-refractivity contribution in [1.82, 2.24) is 4.98 Å². The lowest BCUT2D eigenvalue weighted by Crippen LogP contribution is -2.13. The van der Waals surface area contributed by atoms with Gasteiger partial charge in [0.1, 0.15) is 5.82 Å². The Morgan fingerprint density at radius 1 is 1.24 bits per heavy atom. The Bertz CT molecular complexity index is 720. The minimum absolute atomic E-state index is 0.149. The van der Waals surface area contributed by atoms with Gasteiger partial charge >= 0.3 is 0 Å². The monoisotopic (exact) mass is 325 g/mol. The van der Waals surface area contributed by atoms with E-state index in [1.54, 1.807) is 24.3 Å². The summed E-state index contributed by atoms with van der Waals surface area (Å²) in [6, 6.07) is 9.50. The third kappa shape index (κ3) is 4.34. The first-order chi connectivity index (χ1) is 10.0. The van der Waals surface area contributed by atoms with Crippen LogP contribution in [0.25, 0.3) is 0 Å². The Labute approximate surface area is 129 Å². The zero-order valence-electron chi connectivity index (χ0n) is 11.5. The van der Waals surface area contributed by atoms with E-state index in [9.17, 15) is 8.42 Å². The minimum atomic E-state index is -3.67. The number of rotatable bonds is 6. The summed E-state index contributed by atoms with van der Waals surface area (Å²) in [5.41, 5.74) is 0.419. The van der Waals surface area contributed by atoms with Gasteiger partial charge in [0.05, 0.1) is 10.6 Å². The number of sulfonamides is 1. The average Bonchev–Trinajstić information content (AvgIpc) is 2.45. The molecule has 0 spiro atoms. The molecular weight excluding hydrogens is 310 g/mol. The van der Waals surface area contributed by atoms with Gasteiger partial charge in [0, 0.05) is 23.8 Å². The Kier molecular flexibility index (Phi) is 5.03. The number of nitrogens with one attached hydrogen (secondary N) is 2.